The molecule has 0 aliphatic carbocycles. The van der Waals surface area contributed by atoms with Crippen molar-refractivity contribution >= 4 is 0 Å². The minimum atomic E-state index is -4.78. The Morgan fingerprint density at radius 1 is 1.27 bits per heavy atom. The third kappa shape index (κ3) is 2.36. The maximum atomic E-state index is 11.9. The monoisotopic (exact) mass is 176 g/mol. The average Bonchev–Trinajstić information content (AvgIpc) is 1.88. The van der Waals surface area contributed by atoms with Gasteiger partial charge in [-0.2, -0.15) is 13.2 Å². The van der Waals surface area contributed by atoms with Crippen molar-refractivity contribution in [3.8, 4) is 0 Å². The van der Waals surface area contributed by atoms with Gasteiger partial charge in [0.1, 0.15) is 0 Å². The summed E-state index contributed by atoms with van der Waals surface area (Å²) in [7, 11) is 0. The highest BCUT2D eigenvalue weighted by molar-refractivity contribution is 4.74. The Bertz CT molecular complexity index is 135. The first-order chi connectivity index (χ1) is 4.92. The number of rotatable bonds is 4. The molecule has 0 saturated carbocycles. The fourth-order valence-electron chi connectivity index (χ4n) is 0.274. The summed E-state index contributed by atoms with van der Waals surface area (Å²) in [5, 5.41) is 0. The lowest BCUT2D eigenvalue weighted by Gasteiger charge is -2.18. The van der Waals surface area contributed by atoms with Crippen LogP contribution in [0.15, 0.2) is 12.8 Å². The van der Waals surface area contributed by atoms with E-state index in [9.17, 15) is 22.0 Å². The van der Waals surface area contributed by atoms with Crippen LogP contribution in [0.2, 0.25) is 0 Å². The third-order valence-corrected chi connectivity index (χ3v) is 0.809. The van der Waals surface area contributed by atoms with Crippen molar-refractivity contribution in [2.75, 3.05) is 0 Å². The third-order valence-electron chi connectivity index (χ3n) is 0.809. The molecular weight excluding hydrogens is 171 g/mol. The predicted octanol–water partition coefficient (Wildman–Crippen LogP) is 2.34. The molecule has 0 amide bonds. The second-order valence-electron chi connectivity index (χ2n) is 1.59. The molecule has 0 spiro atoms. The number of halogens is 5. The van der Waals surface area contributed by atoms with Crippen LogP contribution in [-0.2, 0) is 4.74 Å². The second-order valence-corrected chi connectivity index (χ2v) is 1.59. The minimum absolute atomic E-state index is 0.334. The average molecular weight is 176 g/mol. The highest BCUT2D eigenvalue weighted by Gasteiger charge is 2.51. The number of hydrogen-bond acceptors (Lipinski definition) is 1. The van der Waals surface area contributed by atoms with Gasteiger partial charge < -0.3 is 4.74 Å². The van der Waals surface area contributed by atoms with Gasteiger partial charge in [-0.25, -0.2) is 8.78 Å². The first-order valence-electron chi connectivity index (χ1n) is 2.49. The van der Waals surface area contributed by atoms with E-state index in [1.165, 1.54) is 0 Å². The Kier molecular flexibility index (Phi) is 3.28. The quantitative estimate of drug-likeness (QED) is 0.471. The molecule has 0 rings (SSSR count). The normalized spacial score (nSPS) is 14.7. The summed E-state index contributed by atoms with van der Waals surface area (Å²) in [6.07, 6.45) is -7.10. The van der Waals surface area contributed by atoms with Crippen LogP contribution >= 0.6 is 0 Å². The predicted molar refractivity (Wildman–Crippen MR) is 27.1 cm³/mol. The lowest BCUT2D eigenvalue weighted by atomic mass is 10.3. The molecule has 0 aliphatic rings. The maximum absolute atomic E-state index is 11.9. The smallest absolute Gasteiger partial charge is 0.372 e. The molecular formula is C5H5F5O. The summed E-state index contributed by atoms with van der Waals surface area (Å²) in [4.78, 5) is 0. The van der Waals surface area contributed by atoms with E-state index in [0.29, 0.717) is 6.26 Å². The van der Waals surface area contributed by atoms with Crippen LogP contribution in [0.1, 0.15) is 0 Å². The molecule has 0 heterocycles. The van der Waals surface area contributed by atoms with Gasteiger partial charge in [0, 0.05) is 0 Å². The minimum Gasteiger partial charge on any atom is -0.463 e. The van der Waals surface area contributed by atoms with Gasteiger partial charge in [0.05, 0.1) is 6.26 Å². The van der Waals surface area contributed by atoms with Crippen molar-refractivity contribution in [1.29, 1.82) is 0 Å². The topological polar surface area (TPSA) is 9.23 Å². The van der Waals surface area contributed by atoms with E-state index >= 15 is 0 Å². The Morgan fingerprint density at radius 3 is 2.00 bits per heavy atom. The Morgan fingerprint density at radius 2 is 1.73 bits per heavy atom. The van der Waals surface area contributed by atoms with Crippen molar-refractivity contribution in [2.24, 2.45) is 0 Å². The molecule has 0 aliphatic heterocycles. The van der Waals surface area contributed by atoms with Crippen LogP contribution < -0.4 is 0 Å². The molecule has 0 aromatic heterocycles. The van der Waals surface area contributed by atoms with Crippen LogP contribution in [0.4, 0.5) is 22.0 Å². The van der Waals surface area contributed by atoms with Gasteiger partial charge >= 0.3 is 18.7 Å². The lowest BCUT2D eigenvalue weighted by molar-refractivity contribution is -0.232. The molecule has 1 unspecified atom stereocenters. The van der Waals surface area contributed by atoms with E-state index < -0.39 is 18.7 Å². The lowest BCUT2D eigenvalue weighted by Crippen LogP contribution is -2.38. The van der Waals surface area contributed by atoms with E-state index in [4.69, 9.17) is 0 Å². The molecule has 0 saturated heterocycles. The van der Waals surface area contributed by atoms with Gasteiger partial charge in [-0.3, -0.25) is 0 Å². The highest BCUT2D eigenvalue weighted by atomic mass is 19.3. The van der Waals surface area contributed by atoms with E-state index in [2.05, 4.69) is 11.3 Å². The molecule has 6 heteroatoms. The van der Waals surface area contributed by atoms with Gasteiger partial charge in [-0.1, -0.05) is 6.58 Å². The highest BCUT2D eigenvalue weighted by Crippen LogP contribution is 2.29. The van der Waals surface area contributed by atoms with Gasteiger partial charge in [0.2, 0.25) is 0 Å². The van der Waals surface area contributed by atoms with Gasteiger partial charge in [-0.05, 0) is 0 Å². The first-order valence-corrected chi connectivity index (χ1v) is 2.49. The van der Waals surface area contributed by atoms with E-state index in [1.807, 2.05) is 0 Å². The van der Waals surface area contributed by atoms with E-state index in [0.717, 1.165) is 0 Å². The zero-order valence-corrected chi connectivity index (χ0v) is 5.24. The zero-order chi connectivity index (χ0) is 9.07. The summed E-state index contributed by atoms with van der Waals surface area (Å²) in [5.74, 6) is -4.78. The van der Waals surface area contributed by atoms with Crippen LogP contribution in [0.25, 0.3) is 0 Å². The molecule has 11 heavy (non-hydrogen) atoms. The van der Waals surface area contributed by atoms with Crippen LogP contribution in [-0.4, -0.2) is 18.7 Å². The van der Waals surface area contributed by atoms with E-state index in [1.54, 1.807) is 0 Å². The standard InChI is InChI=1S/C5H5F5O/c1-2-11-4(8)5(9,10)3(6)7/h2-4H,1H2. The van der Waals surface area contributed by atoms with Crippen LogP contribution in [0.5, 0.6) is 0 Å². The van der Waals surface area contributed by atoms with Crippen LogP contribution in [0.3, 0.4) is 0 Å². The first kappa shape index (κ1) is 10.2. The summed E-state index contributed by atoms with van der Waals surface area (Å²) < 4.78 is 61.6. The van der Waals surface area contributed by atoms with Gasteiger partial charge in [0.25, 0.3) is 0 Å². The Balaban J connectivity index is 4.16. The Hall–Kier alpha value is -0.810. The van der Waals surface area contributed by atoms with Gasteiger partial charge in [-0.15, -0.1) is 0 Å². The fourth-order valence-corrected chi connectivity index (χ4v) is 0.274. The number of ether oxygens (including phenoxy) is 1. The van der Waals surface area contributed by atoms with Crippen molar-refractivity contribution in [3.05, 3.63) is 12.8 Å². The molecule has 0 fully saturated rings. The summed E-state index contributed by atoms with van der Waals surface area (Å²) in [6.45, 7) is 2.73. The van der Waals surface area contributed by atoms with Crippen LogP contribution in [0, 0.1) is 0 Å². The zero-order valence-electron chi connectivity index (χ0n) is 5.24. The summed E-state index contributed by atoms with van der Waals surface area (Å²) in [5.41, 5.74) is 0. The molecule has 0 bridgehead atoms. The molecule has 1 atom stereocenters. The van der Waals surface area contributed by atoms with Crippen molar-refractivity contribution in [3.63, 3.8) is 0 Å². The molecule has 0 N–H and O–H groups in total. The summed E-state index contributed by atoms with van der Waals surface area (Å²) >= 11 is 0. The Labute approximate surface area is 59.5 Å². The molecule has 1 nitrogen and oxygen atoms in total. The molecule has 0 aromatic rings. The fraction of sp³-hybridized carbons (Fsp3) is 0.600. The van der Waals surface area contributed by atoms with Crippen molar-refractivity contribution in [1.82, 2.24) is 0 Å². The second kappa shape index (κ2) is 3.54. The maximum Gasteiger partial charge on any atom is 0.372 e. The number of alkyl halides is 5. The van der Waals surface area contributed by atoms with Crippen molar-refractivity contribution < 1.29 is 26.7 Å². The molecule has 66 valence electrons. The van der Waals surface area contributed by atoms with Crippen molar-refractivity contribution in [2.45, 2.75) is 18.7 Å². The molecule has 0 aromatic carbocycles. The SMILES string of the molecule is C=COC(F)C(F)(F)C(F)F. The van der Waals surface area contributed by atoms with E-state index in [-0.39, 0.29) is 0 Å². The summed E-state index contributed by atoms with van der Waals surface area (Å²) in [6, 6.07) is 0. The number of hydrogen-bond donors (Lipinski definition) is 0. The largest absolute Gasteiger partial charge is 0.463 e. The van der Waals surface area contributed by atoms with Gasteiger partial charge in [0.15, 0.2) is 0 Å². The molecule has 0 radical (unpaired) electrons.